The van der Waals surface area contributed by atoms with E-state index in [0.29, 0.717) is 17.7 Å². The van der Waals surface area contributed by atoms with Crippen molar-refractivity contribution in [3.8, 4) is 0 Å². The first-order valence-electron chi connectivity index (χ1n) is 6.17. The Morgan fingerprint density at radius 2 is 1.95 bits per heavy atom. The molecule has 0 atom stereocenters. The fraction of sp³-hybridized carbons (Fsp3) is 0.143. The second kappa shape index (κ2) is 6.43. The van der Waals surface area contributed by atoms with E-state index in [1.54, 1.807) is 12.1 Å². The van der Waals surface area contributed by atoms with Gasteiger partial charge in [-0.25, -0.2) is 17.5 Å². The second-order valence-corrected chi connectivity index (χ2v) is 6.61. The summed E-state index contributed by atoms with van der Waals surface area (Å²) in [6.07, 6.45) is 0.372. The van der Waals surface area contributed by atoms with Crippen LogP contribution in [0.15, 0.2) is 47.4 Å². The van der Waals surface area contributed by atoms with Crippen molar-refractivity contribution in [3.63, 3.8) is 0 Å². The van der Waals surface area contributed by atoms with E-state index in [2.05, 4.69) is 4.72 Å². The lowest BCUT2D eigenvalue weighted by Crippen LogP contribution is -2.26. The van der Waals surface area contributed by atoms with Crippen LogP contribution in [0.4, 0.5) is 10.1 Å². The summed E-state index contributed by atoms with van der Waals surface area (Å²) in [5, 5.41) is 0.0995. The molecule has 2 rings (SSSR count). The van der Waals surface area contributed by atoms with Crippen LogP contribution in [-0.2, 0) is 16.4 Å². The lowest BCUT2D eigenvalue weighted by atomic mass is 10.1. The van der Waals surface area contributed by atoms with Crippen molar-refractivity contribution in [2.75, 3.05) is 12.3 Å². The molecule has 112 valence electrons. The zero-order valence-corrected chi connectivity index (χ0v) is 12.6. The first-order chi connectivity index (χ1) is 9.88. The summed E-state index contributed by atoms with van der Waals surface area (Å²) in [6, 6.07) is 10.2. The highest BCUT2D eigenvalue weighted by atomic mass is 35.5. The summed E-state index contributed by atoms with van der Waals surface area (Å²) >= 11 is 5.87. The Morgan fingerprint density at radius 3 is 2.67 bits per heavy atom. The highest BCUT2D eigenvalue weighted by Gasteiger charge is 2.17. The van der Waals surface area contributed by atoms with Crippen LogP contribution in [0.5, 0.6) is 0 Å². The van der Waals surface area contributed by atoms with Crippen LogP contribution in [0.25, 0.3) is 0 Å². The molecular formula is C14H14ClFN2O2S. The van der Waals surface area contributed by atoms with Gasteiger partial charge < -0.3 is 5.73 Å². The van der Waals surface area contributed by atoms with E-state index >= 15 is 0 Å². The predicted molar refractivity (Wildman–Crippen MR) is 81.2 cm³/mol. The number of hydrogen-bond acceptors (Lipinski definition) is 3. The average molecular weight is 329 g/mol. The molecular weight excluding hydrogens is 315 g/mol. The van der Waals surface area contributed by atoms with E-state index in [1.165, 1.54) is 30.3 Å². The molecule has 0 saturated carbocycles. The van der Waals surface area contributed by atoms with Gasteiger partial charge in [0.1, 0.15) is 10.7 Å². The molecule has 0 fully saturated rings. The van der Waals surface area contributed by atoms with Crippen molar-refractivity contribution >= 4 is 27.3 Å². The topological polar surface area (TPSA) is 72.2 Å². The number of anilines is 1. The maximum Gasteiger partial charge on any atom is 0.242 e. The van der Waals surface area contributed by atoms with Gasteiger partial charge in [-0.15, -0.1) is 0 Å². The average Bonchev–Trinajstić information content (AvgIpc) is 2.41. The van der Waals surface area contributed by atoms with Gasteiger partial charge in [-0.05, 0) is 42.3 Å². The van der Waals surface area contributed by atoms with Gasteiger partial charge in [0.2, 0.25) is 10.0 Å². The fourth-order valence-corrected chi connectivity index (χ4v) is 3.39. The number of rotatable bonds is 5. The van der Waals surface area contributed by atoms with Crippen molar-refractivity contribution in [1.82, 2.24) is 4.72 Å². The molecule has 21 heavy (non-hydrogen) atoms. The number of sulfonamides is 1. The van der Waals surface area contributed by atoms with E-state index in [4.69, 9.17) is 17.3 Å². The van der Waals surface area contributed by atoms with E-state index < -0.39 is 10.0 Å². The molecule has 2 aromatic rings. The third-order valence-electron chi connectivity index (χ3n) is 2.84. The number of hydrogen-bond donors (Lipinski definition) is 2. The van der Waals surface area contributed by atoms with Crippen molar-refractivity contribution in [1.29, 1.82) is 0 Å². The Balaban J connectivity index is 2.06. The first-order valence-corrected chi connectivity index (χ1v) is 8.04. The summed E-state index contributed by atoms with van der Waals surface area (Å²) in [7, 11) is -3.75. The molecule has 0 unspecified atom stereocenters. The molecule has 0 aliphatic rings. The Labute approximate surface area is 127 Å². The molecule has 4 nitrogen and oxygen atoms in total. The quantitative estimate of drug-likeness (QED) is 0.829. The summed E-state index contributed by atoms with van der Waals surface area (Å²) in [5.41, 5.74) is 6.58. The molecule has 0 aliphatic heterocycles. The SMILES string of the molecule is Nc1ccc(Cl)c(S(=O)(=O)NCCc2cccc(F)c2)c1. The Hall–Kier alpha value is -1.63. The van der Waals surface area contributed by atoms with Crippen LogP contribution in [0.1, 0.15) is 5.56 Å². The van der Waals surface area contributed by atoms with Crippen molar-refractivity contribution in [2.24, 2.45) is 0 Å². The third kappa shape index (κ3) is 4.17. The molecule has 3 N–H and O–H groups in total. The molecule has 0 amide bonds. The lowest BCUT2D eigenvalue weighted by molar-refractivity contribution is 0.581. The van der Waals surface area contributed by atoms with Crippen LogP contribution < -0.4 is 10.5 Å². The highest BCUT2D eigenvalue weighted by Crippen LogP contribution is 2.23. The predicted octanol–water partition coefficient (Wildman–Crippen LogP) is 2.58. The van der Waals surface area contributed by atoms with Gasteiger partial charge >= 0.3 is 0 Å². The Morgan fingerprint density at radius 1 is 1.19 bits per heavy atom. The van der Waals surface area contributed by atoms with Gasteiger partial charge in [0.15, 0.2) is 0 Å². The van der Waals surface area contributed by atoms with Crippen LogP contribution >= 0.6 is 11.6 Å². The number of nitrogen functional groups attached to an aromatic ring is 1. The highest BCUT2D eigenvalue weighted by molar-refractivity contribution is 7.89. The van der Waals surface area contributed by atoms with Gasteiger partial charge in [-0.2, -0.15) is 0 Å². The van der Waals surface area contributed by atoms with Crippen LogP contribution in [-0.4, -0.2) is 15.0 Å². The largest absolute Gasteiger partial charge is 0.399 e. The zero-order valence-electron chi connectivity index (χ0n) is 11.0. The van der Waals surface area contributed by atoms with Gasteiger partial charge in [0.25, 0.3) is 0 Å². The number of halogens is 2. The van der Waals surface area contributed by atoms with Gasteiger partial charge in [0, 0.05) is 12.2 Å². The molecule has 0 saturated heterocycles. The first kappa shape index (κ1) is 15.8. The lowest BCUT2D eigenvalue weighted by Gasteiger charge is -2.09. The molecule has 0 aliphatic carbocycles. The van der Waals surface area contributed by atoms with E-state index in [1.807, 2.05) is 0 Å². The Bertz CT molecular complexity index is 750. The smallest absolute Gasteiger partial charge is 0.242 e. The molecule has 2 aromatic carbocycles. The van der Waals surface area contributed by atoms with Crippen LogP contribution in [0.3, 0.4) is 0 Å². The second-order valence-electron chi connectivity index (χ2n) is 4.47. The van der Waals surface area contributed by atoms with E-state index in [0.717, 1.165) is 0 Å². The van der Waals surface area contributed by atoms with Crippen molar-refractivity contribution < 1.29 is 12.8 Å². The van der Waals surface area contributed by atoms with Gasteiger partial charge in [-0.3, -0.25) is 0 Å². The monoisotopic (exact) mass is 328 g/mol. The zero-order chi connectivity index (χ0) is 15.5. The molecule has 0 aromatic heterocycles. The maximum absolute atomic E-state index is 13.0. The van der Waals surface area contributed by atoms with Crippen molar-refractivity contribution in [2.45, 2.75) is 11.3 Å². The van der Waals surface area contributed by atoms with E-state index in [-0.39, 0.29) is 22.3 Å². The standard InChI is InChI=1S/C14H14ClFN2O2S/c15-13-5-4-12(17)9-14(13)21(19,20)18-7-6-10-2-1-3-11(16)8-10/h1-5,8-9,18H,6-7,17H2. The molecule has 0 bridgehead atoms. The van der Waals surface area contributed by atoms with Crippen LogP contribution in [0, 0.1) is 5.82 Å². The normalized spacial score (nSPS) is 11.5. The molecule has 7 heteroatoms. The number of benzene rings is 2. The Kier molecular flexibility index (Phi) is 4.82. The summed E-state index contributed by atoms with van der Waals surface area (Å²) in [4.78, 5) is -0.0663. The minimum Gasteiger partial charge on any atom is -0.399 e. The van der Waals surface area contributed by atoms with Crippen molar-refractivity contribution in [3.05, 3.63) is 58.9 Å². The molecule has 0 radical (unpaired) electrons. The fourth-order valence-electron chi connectivity index (χ4n) is 1.83. The van der Waals surface area contributed by atoms with Gasteiger partial charge in [-0.1, -0.05) is 23.7 Å². The third-order valence-corrected chi connectivity index (χ3v) is 4.78. The summed E-state index contributed by atoms with van der Waals surface area (Å²) < 4.78 is 39.7. The maximum atomic E-state index is 13.0. The van der Waals surface area contributed by atoms with Gasteiger partial charge in [0.05, 0.1) is 5.02 Å². The molecule has 0 spiro atoms. The minimum absolute atomic E-state index is 0.0663. The number of nitrogens with one attached hydrogen (secondary N) is 1. The summed E-state index contributed by atoms with van der Waals surface area (Å²) in [5.74, 6) is -0.353. The minimum atomic E-state index is -3.75. The summed E-state index contributed by atoms with van der Waals surface area (Å²) in [6.45, 7) is 0.136. The number of nitrogens with two attached hydrogens (primary N) is 1. The van der Waals surface area contributed by atoms with E-state index in [9.17, 15) is 12.8 Å². The van der Waals surface area contributed by atoms with Crippen LogP contribution in [0.2, 0.25) is 5.02 Å². The molecule has 0 heterocycles.